The van der Waals surface area contributed by atoms with E-state index in [0.717, 1.165) is 24.2 Å². The number of nitrogens with two attached hydrogens (primary N) is 1. The third kappa shape index (κ3) is 4.49. The van der Waals surface area contributed by atoms with Crippen LogP contribution in [0, 0.1) is 12.7 Å². The summed E-state index contributed by atoms with van der Waals surface area (Å²) in [6.45, 7) is 8.41. The monoisotopic (exact) mass is 407 g/mol. The van der Waals surface area contributed by atoms with Gasteiger partial charge in [0, 0.05) is 23.2 Å². The SMILES string of the molecule is CCN(CC)Cc1ccc(-c2cc(C(=O)c3ccc(C)cc3F)ccc2O)nc1N. The van der Waals surface area contributed by atoms with Gasteiger partial charge in [0.25, 0.3) is 0 Å². The highest BCUT2D eigenvalue weighted by molar-refractivity contribution is 6.09. The number of nitrogen functional groups attached to an aromatic ring is 1. The van der Waals surface area contributed by atoms with E-state index in [-0.39, 0.29) is 16.9 Å². The van der Waals surface area contributed by atoms with Crippen molar-refractivity contribution in [1.82, 2.24) is 9.88 Å². The summed E-state index contributed by atoms with van der Waals surface area (Å²) in [5.41, 5.74) is 8.86. The first-order chi connectivity index (χ1) is 14.3. The van der Waals surface area contributed by atoms with Gasteiger partial charge in [0.05, 0.1) is 11.3 Å². The van der Waals surface area contributed by atoms with Crippen LogP contribution in [-0.2, 0) is 6.54 Å². The first kappa shape index (κ1) is 21.5. The first-order valence-electron chi connectivity index (χ1n) is 9.96. The molecule has 0 aliphatic rings. The number of hydrogen-bond donors (Lipinski definition) is 2. The number of pyridine rings is 1. The van der Waals surface area contributed by atoms with Crippen molar-refractivity contribution in [3.63, 3.8) is 0 Å². The Hall–Kier alpha value is -3.25. The summed E-state index contributed by atoms with van der Waals surface area (Å²) in [6, 6.07) is 12.5. The Bertz CT molecular complexity index is 1080. The molecule has 0 bridgehead atoms. The lowest BCUT2D eigenvalue weighted by molar-refractivity contribution is 0.103. The molecule has 5 nitrogen and oxygen atoms in total. The van der Waals surface area contributed by atoms with E-state index in [1.165, 1.54) is 30.3 Å². The molecule has 156 valence electrons. The van der Waals surface area contributed by atoms with Gasteiger partial charge in [0.2, 0.25) is 0 Å². The molecule has 6 heteroatoms. The predicted octanol–water partition coefficient (Wildman–Crippen LogP) is 4.56. The topological polar surface area (TPSA) is 79.5 Å². The number of benzene rings is 2. The van der Waals surface area contributed by atoms with Crippen molar-refractivity contribution in [2.75, 3.05) is 18.8 Å². The van der Waals surface area contributed by atoms with Gasteiger partial charge in [-0.15, -0.1) is 0 Å². The lowest BCUT2D eigenvalue weighted by Crippen LogP contribution is -2.23. The number of halogens is 1. The van der Waals surface area contributed by atoms with Crippen LogP contribution in [0.1, 0.15) is 40.9 Å². The molecular formula is C24H26FN3O2. The number of carbonyl (C=O) groups excluding carboxylic acids is 1. The predicted molar refractivity (Wildman–Crippen MR) is 117 cm³/mol. The molecule has 0 spiro atoms. The molecule has 3 rings (SSSR count). The van der Waals surface area contributed by atoms with Crippen LogP contribution >= 0.6 is 0 Å². The summed E-state index contributed by atoms with van der Waals surface area (Å²) in [5.74, 6) is -0.683. The molecule has 1 aromatic heterocycles. The highest BCUT2D eigenvalue weighted by atomic mass is 19.1. The van der Waals surface area contributed by atoms with Gasteiger partial charge in [-0.3, -0.25) is 9.69 Å². The molecule has 0 unspecified atom stereocenters. The molecule has 0 saturated carbocycles. The maximum absolute atomic E-state index is 14.2. The minimum atomic E-state index is -0.572. The van der Waals surface area contributed by atoms with E-state index in [4.69, 9.17) is 5.73 Å². The highest BCUT2D eigenvalue weighted by Gasteiger charge is 2.17. The number of aromatic nitrogens is 1. The van der Waals surface area contributed by atoms with Gasteiger partial charge in [-0.05, 0) is 62.0 Å². The van der Waals surface area contributed by atoms with Crippen molar-refractivity contribution in [1.29, 1.82) is 0 Å². The smallest absolute Gasteiger partial charge is 0.195 e. The Balaban J connectivity index is 1.95. The Morgan fingerprint density at radius 3 is 2.47 bits per heavy atom. The quantitative estimate of drug-likeness (QED) is 0.562. The van der Waals surface area contributed by atoms with Gasteiger partial charge in [-0.1, -0.05) is 26.0 Å². The zero-order valence-electron chi connectivity index (χ0n) is 17.4. The van der Waals surface area contributed by atoms with Crippen molar-refractivity contribution in [2.45, 2.75) is 27.3 Å². The van der Waals surface area contributed by atoms with Crippen LogP contribution in [0.2, 0.25) is 0 Å². The largest absolute Gasteiger partial charge is 0.507 e. The fourth-order valence-electron chi connectivity index (χ4n) is 3.32. The van der Waals surface area contributed by atoms with Gasteiger partial charge < -0.3 is 10.8 Å². The van der Waals surface area contributed by atoms with Crippen molar-refractivity contribution in [2.24, 2.45) is 0 Å². The molecule has 0 amide bonds. The van der Waals surface area contributed by atoms with Crippen LogP contribution in [0.3, 0.4) is 0 Å². The van der Waals surface area contributed by atoms with Crippen molar-refractivity contribution in [3.05, 3.63) is 76.6 Å². The summed E-state index contributed by atoms with van der Waals surface area (Å²) < 4.78 is 14.2. The molecule has 0 saturated heterocycles. The second kappa shape index (κ2) is 9.05. The van der Waals surface area contributed by atoms with E-state index < -0.39 is 11.6 Å². The summed E-state index contributed by atoms with van der Waals surface area (Å²) in [4.78, 5) is 19.5. The van der Waals surface area contributed by atoms with E-state index in [9.17, 15) is 14.3 Å². The number of hydrogen-bond acceptors (Lipinski definition) is 5. The molecule has 0 atom stereocenters. The number of carbonyl (C=O) groups is 1. The first-order valence-corrected chi connectivity index (χ1v) is 9.96. The van der Waals surface area contributed by atoms with Crippen molar-refractivity contribution >= 4 is 11.6 Å². The molecule has 30 heavy (non-hydrogen) atoms. The Morgan fingerprint density at radius 2 is 1.83 bits per heavy atom. The second-order valence-electron chi connectivity index (χ2n) is 7.25. The number of ketones is 1. The van der Waals surface area contributed by atoms with Crippen molar-refractivity contribution < 1.29 is 14.3 Å². The number of nitrogens with zero attached hydrogens (tertiary/aromatic N) is 2. The van der Waals surface area contributed by atoms with Crippen molar-refractivity contribution in [3.8, 4) is 17.0 Å². The standard InChI is InChI=1S/C24H26FN3O2/c1-4-28(5-2)14-17-7-10-21(27-24(17)26)19-13-16(8-11-22(19)29)23(30)18-9-6-15(3)12-20(18)25/h6-13,29H,4-5,14H2,1-3H3,(H2,26,27). The average molecular weight is 407 g/mol. The second-order valence-corrected chi connectivity index (χ2v) is 7.25. The van der Waals surface area contributed by atoms with E-state index in [0.29, 0.717) is 23.6 Å². The highest BCUT2D eigenvalue weighted by Crippen LogP contribution is 2.31. The summed E-state index contributed by atoms with van der Waals surface area (Å²) in [7, 11) is 0. The van der Waals surface area contributed by atoms with E-state index in [2.05, 4.69) is 23.7 Å². The summed E-state index contributed by atoms with van der Waals surface area (Å²) in [5, 5.41) is 10.3. The maximum Gasteiger partial charge on any atom is 0.195 e. The third-order valence-electron chi connectivity index (χ3n) is 5.20. The minimum absolute atomic E-state index is 0.0146. The summed E-state index contributed by atoms with van der Waals surface area (Å²) >= 11 is 0. The molecule has 3 aromatic rings. The van der Waals surface area contributed by atoms with E-state index >= 15 is 0 Å². The van der Waals surface area contributed by atoms with Crippen LogP contribution in [0.4, 0.5) is 10.2 Å². The Labute approximate surface area is 176 Å². The number of rotatable bonds is 7. The van der Waals surface area contributed by atoms with Crippen LogP contribution in [0.5, 0.6) is 5.75 Å². The maximum atomic E-state index is 14.2. The number of anilines is 1. The molecular weight excluding hydrogens is 381 g/mol. The average Bonchev–Trinajstić information content (AvgIpc) is 2.73. The minimum Gasteiger partial charge on any atom is -0.507 e. The fraction of sp³-hybridized carbons (Fsp3) is 0.250. The van der Waals surface area contributed by atoms with Gasteiger partial charge >= 0.3 is 0 Å². The van der Waals surface area contributed by atoms with Crippen LogP contribution < -0.4 is 5.73 Å². The number of phenols is 1. The van der Waals surface area contributed by atoms with Crippen LogP contribution in [-0.4, -0.2) is 33.9 Å². The lowest BCUT2D eigenvalue weighted by Gasteiger charge is -2.19. The zero-order chi connectivity index (χ0) is 21.8. The molecule has 1 heterocycles. The molecule has 3 N–H and O–H groups in total. The van der Waals surface area contributed by atoms with Crippen LogP contribution in [0.25, 0.3) is 11.3 Å². The Kier molecular flexibility index (Phi) is 6.47. The normalized spacial score (nSPS) is 11.1. The molecule has 2 aromatic carbocycles. The van der Waals surface area contributed by atoms with E-state index in [1.807, 2.05) is 6.07 Å². The molecule has 0 radical (unpaired) electrons. The van der Waals surface area contributed by atoms with Gasteiger partial charge in [-0.2, -0.15) is 0 Å². The lowest BCUT2D eigenvalue weighted by atomic mass is 9.98. The molecule has 0 fully saturated rings. The number of aromatic hydroxyl groups is 1. The summed E-state index contributed by atoms with van der Waals surface area (Å²) in [6.07, 6.45) is 0. The molecule has 0 aliphatic heterocycles. The zero-order valence-corrected chi connectivity index (χ0v) is 17.4. The third-order valence-corrected chi connectivity index (χ3v) is 5.20. The van der Waals surface area contributed by atoms with Crippen LogP contribution in [0.15, 0.2) is 48.5 Å². The number of aryl methyl sites for hydroxylation is 1. The van der Waals surface area contributed by atoms with E-state index in [1.54, 1.807) is 19.1 Å². The van der Waals surface area contributed by atoms with Gasteiger partial charge in [0.15, 0.2) is 5.78 Å². The Morgan fingerprint density at radius 1 is 1.10 bits per heavy atom. The van der Waals surface area contributed by atoms with Gasteiger partial charge in [0.1, 0.15) is 17.4 Å². The number of phenolic OH excluding ortho intramolecular Hbond substituents is 1. The fourth-order valence-corrected chi connectivity index (χ4v) is 3.32. The molecule has 0 aliphatic carbocycles. The van der Waals surface area contributed by atoms with Gasteiger partial charge in [-0.25, -0.2) is 9.37 Å².